The van der Waals surface area contributed by atoms with Gasteiger partial charge in [0, 0.05) is 37.6 Å². The number of hydrogen-bond acceptors (Lipinski definition) is 6. The second-order valence-corrected chi connectivity index (χ2v) is 8.48. The van der Waals surface area contributed by atoms with Crippen molar-refractivity contribution in [3.8, 4) is 0 Å². The summed E-state index contributed by atoms with van der Waals surface area (Å²) in [6, 6.07) is 14.1. The Labute approximate surface area is 189 Å². The van der Waals surface area contributed by atoms with E-state index in [1.807, 2.05) is 23.3 Å². The Morgan fingerprint density at radius 2 is 1.62 bits per heavy atom. The summed E-state index contributed by atoms with van der Waals surface area (Å²) in [7, 11) is 0. The summed E-state index contributed by atoms with van der Waals surface area (Å²) in [4.78, 5) is 41.4. The second kappa shape index (κ2) is 9.80. The van der Waals surface area contributed by atoms with E-state index in [0.29, 0.717) is 54.0 Å². The zero-order chi connectivity index (χ0) is 22.5. The van der Waals surface area contributed by atoms with Gasteiger partial charge in [0.1, 0.15) is 5.76 Å². The summed E-state index contributed by atoms with van der Waals surface area (Å²) in [5.74, 6) is 0.664. The number of anilines is 2. The van der Waals surface area contributed by atoms with E-state index in [4.69, 9.17) is 4.42 Å². The Kier molecular flexibility index (Phi) is 6.67. The molecule has 3 amide bonds. The van der Waals surface area contributed by atoms with E-state index in [1.54, 1.807) is 47.4 Å². The molecule has 1 aromatic carbocycles. The van der Waals surface area contributed by atoms with Crippen molar-refractivity contribution in [2.45, 2.75) is 6.92 Å². The third-order valence-corrected chi connectivity index (χ3v) is 6.02. The van der Waals surface area contributed by atoms with Gasteiger partial charge < -0.3 is 20.0 Å². The number of thiophene rings is 1. The molecule has 1 aliphatic rings. The molecule has 0 unspecified atom stereocenters. The lowest BCUT2D eigenvalue weighted by Gasteiger charge is -2.33. The number of carbonyl (C=O) groups excluding carboxylic acids is 3. The van der Waals surface area contributed by atoms with Crippen LogP contribution in [0.3, 0.4) is 0 Å². The van der Waals surface area contributed by atoms with Crippen LogP contribution in [0.5, 0.6) is 0 Å². The highest BCUT2D eigenvalue weighted by Crippen LogP contribution is 2.17. The monoisotopic (exact) mass is 452 g/mol. The van der Waals surface area contributed by atoms with Crippen molar-refractivity contribution >= 4 is 40.4 Å². The third-order valence-electron chi connectivity index (χ3n) is 5.15. The van der Waals surface area contributed by atoms with Crippen LogP contribution in [0.25, 0.3) is 0 Å². The Morgan fingerprint density at radius 1 is 0.938 bits per heavy atom. The number of carbonyl (C=O) groups is 3. The van der Waals surface area contributed by atoms with Gasteiger partial charge in [0.25, 0.3) is 11.8 Å². The molecule has 0 aliphatic carbocycles. The molecule has 0 atom stereocenters. The number of hydrogen-bond donors (Lipinski definition) is 2. The highest BCUT2D eigenvalue weighted by Gasteiger charge is 2.25. The molecule has 1 saturated heterocycles. The van der Waals surface area contributed by atoms with Gasteiger partial charge in [-0.15, -0.1) is 11.3 Å². The van der Waals surface area contributed by atoms with Crippen LogP contribution >= 0.6 is 11.3 Å². The lowest BCUT2D eigenvalue weighted by molar-refractivity contribution is -0.117. The number of nitrogens with one attached hydrogen (secondary N) is 2. The summed E-state index contributed by atoms with van der Waals surface area (Å²) >= 11 is 1.38. The number of benzene rings is 1. The van der Waals surface area contributed by atoms with Crippen LogP contribution in [0.1, 0.15) is 26.0 Å². The fourth-order valence-electron chi connectivity index (χ4n) is 3.46. The molecule has 0 radical (unpaired) electrons. The molecule has 2 aromatic heterocycles. The van der Waals surface area contributed by atoms with E-state index in [0.717, 1.165) is 0 Å². The van der Waals surface area contributed by atoms with Crippen LogP contribution in [0.2, 0.25) is 0 Å². The topological polar surface area (TPSA) is 94.9 Å². The minimum Gasteiger partial charge on any atom is -0.456 e. The normalized spacial score (nSPS) is 14.2. The highest BCUT2D eigenvalue weighted by molar-refractivity contribution is 7.12. The Morgan fingerprint density at radius 3 is 2.22 bits per heavy atom. The van der Waals surface area contributed by atoms with Crippen molar-refractivity contribution in [2.75, 3.05) is 43.4 Å². The lowest BCUT2D eigenvalue weighted by Crippen LogP contribution is -2.50. The molecule has 166 valence electrons. The van der Waals surface area contributed by atoms with E-state index in [2.05, 4.69) is 10.6 Å². The number of furan rings is 1. The molecule has 2 N–H and O–H groups in total. The van der Waals surface area contributed by atoms with Crippen LogP contribution < -0.4 is 10.6 Å². The summed E-state index contributed by atoms with van der Waals surface area (Å²) < 4.78 is 5.41. The van der Waals surface area contributed by atoms with Crippen molar-refractivity contribution < 1.29 is 18.8 Å². The summed E-state index contributed by atoms with van der Waals surface area (Å²) in [5.41, 5.74) is 1.32. The van der Waals surface area contributed by atoms with Gasteiger partial charge >= 0.3 is 0 Å². The van der Waals surface area contributed by atoms with E-state index >= 15 is 0 Å². The van der Waals surface area contributed by atoms with Crippen molar-refractivity contribution in [1.82, 2.24) is 9.80 Å². The van der Waals surface area contributed by atoms with Crippen LogP contribution in [-0.2, 0) is 4.79 Å². The molecule has 0 bridgehead atoms. The van der Waals surface area contributed by atoms with Crippen LogP contribution in [0, 0.1) is 6.92 Å². The molecule has 9 heteroatoms. The molecule has 8 nitrogen and oxygen atoms in total. The Bertz CT molecular complexity index is 1080. The maximum absolute atomic E-state index is 12.5. The first-order chi connectivity index (χ1) is 15.5. The Hall–Kier alpha value is -3.43. The summed E-state index contributed by atoms with van der Waals surface area (Å²) in [6.45, 7) is 4.38. The van der Waals surface area contributed by atoms with Crippen molar-refractivity contribution in [3.05, 3.63) is 70.3 Å². The minimum atomic E-state index is -0.156. The molecule has 1 aliphatic heterocycles. The predicted molar refractivity (Wildman–Crippen MR) is 123 cm³/mol. The lowest BCUT2D eigenvalue weighted by atomic mass is 10.2. The van der Waals surface area contributed by atoms with Gasteiger partial charge in [-0.1, -0.05) is 6.07 Å². The van der Waals surface area contributed by atoms with E-state index in [9.17, 15) is 14.4 Å². The van der Waals surface area contributed by atoms with Gasteiger partial charge in [-0.3, -0.25) is 19.3 Å². The number of aryl methyl sites for hydroxylation is 1. The average molecular weight is 453 g/mol. The smallest absolute Gasteiger partial charge is 0.289 e. The molecule has 0 spiro atoms. The highest BCUT2D eigenvalue weighted by atomic mass is 32.1. The number of nitrogens with zero attached hydrogens (tertiary/aromatic N) is 2. The summed E-state index contributed by atoms with van der Waals surface area (Å²) in [6.07, 6.45) is 0. The van der Waals surface area contributed by atoms with E-state index in [-0.39, 0.29) is 24.3 Å². The fraction of sp³-hybridized carbons (Fsp3) is 0.261. The maximum atomic E-state index is 12.5. The largest absolute Gasteiger partial charge is 0.456 e. The van der Waals surface area contributed by atoms with E-state index in [1.165, 1.54) is 11.3 Å². The molecule has 3 aromatic rings. The SMILES string of the molecule is Cc1ccc(C(=O)N2CCN(CC(=O)Nc3ccc(NC(=O)c4cccs4)cc3)CC2)o1. The molecule has 3 heterocycles. The standard InChI is InChI=1S/C23H24N4O4S/c1-16-4-9-19(31-16)23(30)27-12-10-26(11-13-27)15-21(28)24-17-5-7-18(8-6-17)25-22(29)20-3-2-14-32-20/h2-9,14H,10-13,15H2,1H3,(H,24,28)(H,25,29). The molecule has 4 rings (SSSR count). The second-order valence-electron chi connectivity index (χ2n) is 7.54. The number of piperazine rings is 1. The Balaban J connectivity index is 1.22. The molecular formula is C23H24N4O4S. The minimum absolute atomic E-state index is 0.117. The molecular weight excluding hydrogens is 428 g/mol. The van der Waals surface area contributed by atoms with Crippen LogP contribution in [0.4, 0.5) is 11.4 Å². The maximum Gasteiger partial charge on any atom is 0.289 e. The van der Waals surface area contributed by atoms with Gasteiger partial charge in [-0.25, -0.2) is 0 Å². The van der Waals surface area contributed by atoms with Crippen LogP contribution in [0.15, 0.2) is 58.3 Å². The first-order valence-corrected chi connectivity index (χ1v) is 11.2. The quantitative estimate of drug-likeness (QED) is 0.598. The molecule has 0 saturated carbocycles. The molecule has 32 heavy (non-hydrogen) atoms. The van der Waals surface area contributed by atoms with Crippen molar-refractivity contribution in [1.29, 1.82) is 0 Å². The number of amides is 3. The summed E-state index contributed by atoms with van der Waals surface area (Å²) in [5, 5.41) is 7.55. The van der Waals surface area contributed by atoms with Crippen molar-refractivity contribution in [2.24, 2.45) is 0 Å². The predicted octanol–water partition coefficient (Wildman–Crippen LogP) is 3.30. The third kappa shape index (κ3) is 5.43. The zero-order valence-electron chi connectivity index (χ0n) is 17.7. The van der Waals surface area contributed by atoms with Crippen molar-refractivity contribution in [3.63, 3.8) is 0 Å². The zero-order valence-corrected chi connectivity index (χ0v) is 18.5. The number of rotatable bonds is 6. The first kappa shape index (κ1) is 21.8. The fourth-order valence-corrected chi connectivity index (χ4v) is 4.07. The van der Waals surface area contributed by atoms with Gasteiger partial charge in [0.2, 0.25) is 5.91 Å². The first-order valence-electron chi connectivity index (χ1n) is 10.3. The van der Waals surface area contributed by atoms with Gasteiger partial charge in [0.15, 0.2) is 5.76 Å². The average Bonchev–Trinajstić information content (AvgIpc) is 3.47. The van der Waals surface area contributed by atoms with Gasteiger partial charge in [-0.05, 0) is 54.8 Å². The van der Waals surface area contributed by atoms with Gasteiger partial charge in [0.05, 0.1) is 11.4 Å². The van der Waals surface area contributed by atoms with E-state index < -0.39 is 0 Å². The molecule has 1 fully saturated rings. The van der Waals surface area contributed by atoms with Crippen LogP contribution in [-0.4, -0.2) is 60.2 Å². The van der Waals surface area contributed by atoms with Gasteiger partial charge in [-0.2, -0.15) is 0 Å².